The van der Waals surface area contributed by atoms with Gasteiger partial charge in [0.15, 0.2) is 11.5 Å². The number of allylic oxidation sites excluding steroid dienone is 1. The standard InChI is InChI=1S/C20H24O4/c1-5-9-16-19(14(2)21)17(22-3)12-18(23-4)20(16)24-13-15-10-7-6-8-11-15/h5-8,10-12,14,21H,1,9,13H2,2-4H3/t14-/m1/s1. The van der Waals surface area contributed by atoms with Crippen molar-refractivity contribution in [2.45, 2.75) is 26.1 Å². The molecule has 0 bridgehead atoms. The smallest absolute Gasteiger partial charge is 0.165 e. The predicted molar refractivity (Wildman–Crippen MR) is 94.9 cm³/mol. The van der Waals surface area contributed by atoms with Crippen LogP contribution >= 0.6 is 0 Å². The molecule has 4 heteroatoms. The molecule has 128 valence electrons. The number of benzene rings is 2. The first-order valence-electron chi connectivity index (χ1n) is 7.85. The van der Waals surface area contributed by atoms with Crippen LogP contribution in [0.1, 0.15) is 29.7 Å². The highest BCUT2D eigenvalue weighted by Crippen LogP contribution is 2.43. The summed E-state index contributed by atoms with van der Waals surface area (Å²) in [7, 11) is 3.16. The van der Waals surface area contributed by atoms with Crippen LogP contribution in [-0.4, -0.2) is 19.3 Å². The highest BCUT2D eigenvalue weighted by atomic mass is 16.5. The Morgan fingerprint density at radius 2 is 1.79 bits per heavy atom. The van der Waals surface area contributed by atoms with E-state index in [1.807, 2.05) is 30.3 Å². The average Bonchev–Trinajstić information content (AvgIpc) is 2.60. The van der Waals surface area contributed by atoms with Crippen LogP contribution in [0.2, 0.25) is 0 Å². The molecular formula is C20H24O4. The molecule has 0 saturated carbocycles. The maximum atomic E-state index is 10.2. The third kappa shape index (κ3) is 3.89. The molecule has 0 saturated heterocycles. The van der Waals surface area contributed by atoms with Gasteiger partial charge in [0.1, 0.15) is 12.4 Å². The lowest BCUT2D eigenvalue weighted by Gasteiger charge is -2.22. The first kappa shape index (κ1) is 17.9. The van der Waals surface area contributed by atoms with Gasteiger partial charge in [-0.1, -0.05) is 36.4 Å². The lowest BCUT2D eigenvalue weighted by Crippen LogP contribution is -2.08. The molecule has 1 atom stereocenters. The van der Waals surface area contributed by atoms with E-state index in [0.717, 1.165) is 11.1 Å². The number of rotatable bonds is 8. The molecule has 2 rings (SSSR count). The van der Waals surface area contributed by atoms with Gasteiger partial charge in [-0.3, -0.25) is 0 Å². The monoisotopic (exact) mass is 328 g/mol. The molecule has 0 heterocycles. The van der Waals surface area contributed by atoms with Crippen molar-refractivity contribution < 1.29 is 19.3 Å². The topological polar surface area (TPSA) is 47.9 Å². The lowest BCUT2D eigenvalue weighted by molar-refractivity contribution is 0.191. The zero-order valence-electron chi connectivity index (χ0n) is 14.4. The van der Waals surface area contributed by atoms with Crippen LogP contribution in [0, 0.1) is 0 Å². The van der Waals surface area contributed by atoms with E-state index in [4.69, 9.17) is 14.2 Å². The van der Waals surface area contributed by atoms with Crippen LogP contribution in [0.4, 0.5) is 0 Å². The van der Waals surface area contributed by atoms with Gasteiger partial charge in [-0.25, -0.2) is 0 Å². The number of aliphatic hydroxyl groups excluding tert-OH is 1. The molecule has 1 N–H and O–H groups in total. The second kappa shape index (κ2) is 8.41. The average molecular weight is 328 g/mol. The second-order valence-corrected chi connectivity index (χ2v) is 5.45. The van der Waals surface area contributed by atoms with E-state index in [0.29, 0.717) is 35.8 Å². The third-order valence-corrected chi connectivity index (χ3v) is 3.78. The van der Waals surface area contributed by atoms with Gasteiger partial charge in [0.05, 0.1) is 20.3 Å². The molecule has 0 aliphatic heterocycles. The summed E-state index contributed by atoms with van der Waals surface area (Å²) in [6.45, 7) is 5.92. The van der Waals surface area contributed by atoms with Crippen LogP contribution in [0.3, 0.4) is 0 Å². The molecule has 0 spiro atoms. The highest BCUT2D eigenvalue weighted by molar-refractivity contribution is 5.58. The molecule has 0 aliphatic carbocycles. The third-order valence-electron chi connectivity index (χ3n) is 3.78. The first-order valence-corrected chi connectivity index (χ1v) is 7.85. The summed E-state index contributed by atoms with van der Waals surface area (Å²) < 4.78 is 16.9. The minimum absolute atomic E-state index is 0.410. The fourth-order valence-electron chi connectivity index (χ4n) is 2.70. The zero-order valence-corrected chi connectivity index (χ0v) is 14.4. The summed E-state index contributed by atoms with van der Waals surface area (Å²) in [6, 6.07) is 11.6. The van der Waals surface area contributed by atoms with E-state index in [2.05, 4.69) is 6.58 Å². The molecule has 0 aliphatic rings. The SMILES string of the molecule is C=CCc1c(OCc2ccccc2)c(OC)cc(OC)c1[C@@H](C)O. The Bertz CT molecular complexity index is 678. The Labute approximate surface area is 143 Å². The molecule has 2 aromatic rings. The van der Waals surface area contributed by atoms with Crippen molar-refractivity contribution in [1.29, 1.82) is 0 Å². The van der Waals surface area contributed by atoms with Gasteiger partial charge in [-0.2, -0.15) is 0 Å². The van der Waals surface area contributed by atoms with Crippen LogP contribution in [-0.2, 0) is 13.0 Å². The van der Waals surface area contributed by atoms with Crippen molar-refractivity contribution in [3.05, 3.63) is 65.7 Å². The second-order valence-electron chi connectivity index (χ2n) is 5.45. The Kier molecular flexibility index (Phi) is 6.27. The van der Waals surface area contributed by atoms with E-state index < -0.39 is 6.10 Å². The fraction of sp³-hybridized carbons (Fsp3) is 0.300. The summed E-state index contributed by atoms with van der Waals surface area (Å²) in [6.07, 6.45) is 1.62. The maximum absolute atomic E-state index is 10.2. The number of methoxy groups -OCH3 is 2. The van der Waals surface area contributed by atoms with Crippen molar-refractivity contribution in [2.75, 3.05) is 14.2 Å². The lowest BCUT2D eigenvalue weighted by atomic mass is 9.97. The van der Waals surface area contributed by atoms with Crippen molar-refractivity contribution in [3.63, 3.8) is 0 Å². The van der Waals surface area contributed by atoms with Crippen molar-refractivity contribution >= 4 is 0 Å². The van der Waals surface area contributed by atoms with Gasteiger partial charge in [-0.05, 0) is 18.9 Å². The molecule has 0 unspecified atom stereocenters. The van der Waals surface area contributed by atoms with Gasteiger partial charge in [0, 0.05) is 17.2 Å². The van der Waals surface area contributed by atoms with Gasteiger partial charge in [-0.15, -0.1) is 6.58 Å². The fourth-order valence-corrected chi connectivity index (χ4v) is 2.70. The van der Waals surface area contributed by atoms with Crippen LogP contribution in [0.5, 0.6) is 17.2 Å². The molecule has 4 nitrogen and oxygen atoms in total. The van der Waals surface area contributed by atoms with Gasteiger partial charge >= 0.3 is 0 Å². The quantitative estimate of drug-likeness (QED) is 0.742. The van der Waals surface area contributed by atoms with Gasteiger partial charge in [0.2, 0.25) is 0 Å². The van der Waals surface area contributed by atoms with Gasteiger partial charge < -0.3 is 19.3 Å². The van der Waals surface area contributed by atoms with Crippen LogP contribution in [0.15, 0.2) is 49.1 Å². The normalized spacial score (nSPS) is 11.7. The summed E-state index contributed by atoms with van der Waals surface area (Å²) in [5, 5.41) is 10.2. The Hall–Kier alpha value is -2.46. The van der Waals surface area contributed by atoms with Crippen LogP contribution in [0.25, 0.3) is 0 Å². The molecule has 0 fully saturated rings. The van der Waals surface area contributed by atoms with Gasteiger partial charge in [0.25, 0.3) is 0 Å². The molecule has 0 amide bonds. The Balaban J connectivity index is 2.50. The van der Waals surface area contributed by atoms with Crippen LogP contribution < -0.4 is 14.2 Å². The van der Waals surface area contributed by atoms with E-state index in [1.165, 1.54) is 0 Å². The minimum atomic E-state index is -0.695. The molecule has 0 aromatic heterocycles. The predicted octanol–water partition coefficient (Wildman–Crippen LogP) is 4.06. The molecular weight excluding hydrogens is 304 g/mol. The summed E-state index contributed by atoms with van der Waals surface area (Å²) in [5.74, 6) is 1.76. The number of hydrogen-bond acceptors (Lipinski definition) is 4. The summed E-state index contributed by atoms with van der Waals surface area (Å²) >= 11 is 0. The Morgan fingerprint density at radius 3 is 2.33 bits per heavy atom. The molecule has 24 heavy (non-hydrogen) atoms. The van der Waals surface area contributed by atoms with Crippen molar-refractivity contribution in [1.82, 2.24) is 0 Å². The zero-order chi connectivity index (χ0) is 17.5. The highest BCUT2D eigenvalue weighted by Gasteiger charge is 2.22. The summed E-state index contributed by atoms with van der Waals surface area (Å²) in [4.78, 5) is 0. The number of hydrogen-bond donors (Lipinski definition) is 1. The largest absolute Gasteiger partial charge is 0.496 e. The van der Waals surface area contributed by atoms with E-state index >= 15 is 0 Å². The first-order chi connectivity index (χ1) is 11.6. The van der Waals surface area contributed by atoms with Crippen molar-refractivity contribution in [2.24, 2.45) is 0 Å². The maximum Gasteiger partial charge on any atom is 0.165 e. The minimum Gasteiger partial charge on any atom is -0.496 e. The Morgan fingerprint density at radius 1 is 1.12 bits per heavy atom. The van der Waals surface area contributed by atoms with E-state index in [1.54, 1.807) is 33.3 Å². The molecule has 2 aromatic carbocycles. The summed E-state index contributed by atoms with van der Waals surface area (Å²) in [5.41, 5.74) is 2.58. The molecule has 0 radical (unpaired) electrons. The van der Waals surface area contributed by atoms with E-state index in [9.17, 15) is 5.11 Å². The number of ether oxygens (including phenoxy) is 3. The van der Waals surface area contributed by atoms with Crippen molar-refractivity contribution in [3.8, 4) is 17.2 Å². The number of aliphatic hydroxyl groups is 1. The van der Waals surface area contributed by atoms with E-state index in [-0.39, 0.29) is 0 Å².